The standard InChI is InChI=1S/C19H19N5O/c1-25-15-8-6-13(7-9-15)11-24-18(14-4-2-3-5-14)23-17-16(10-20)21-12-22-19(17)24/h6-9,12,14H,2-5,11H2,1H3. The van der Waals surface area contributed by atoms with Crippen molar-refractivity contribution < 1.29 is 4.74 Å². The molecular weight excluding hydrogens is 314 g/mol. The van der Waals surface area contributed by atoms with Crippen LogP contribution in [0.3, 0.4) is 0 Å². The lowest BCUT2D eigenvalue weighted by atomic mass is 10.1. The van der Waals surface area contributed by atoms with Gasteiger partial charge in [0.2, 0.25) is 0 Å². The van der Waals surface area contributed by atoms with Crippen LogP contribution in [0.2, 0.25) is 0 Å². The Morgan fingerprint density at radius 1 is 1.20 bits per heavy atom. The van der Waals surface area contributed by atoms with E-state index in [1.165, 1.54) is 19.2 Å². The van der Waals surface area contributed by atoms with Crippen LogP contribution in [-0.4, -0.2) is 26.6 Å². The first kappa shape index (κ1) is 15.6. The molecule has 0 N–H and O–H groups in total. The topological polar surface area (TPSA) is 76.6 Å². The molecule has 0 spiro atoms. The summed E-state index contributed by atoms with van der Waals surface area (Å²) in [5.41, 5.74) is 2.85. The molecule has 1 aliphatic rings. The third-order valence-corrected chi connectivity index (χ3v) is 4.89. The molecule has 1 fully saturated rings. The lowest BCUT2D eigenvalue weighted by Gasteiger charge is -2.13. The minimum absolute atomic E-state index is 0.345. The molecule has 4 rings (SSSR count). The Labute approximate surface area is 146 Å². The average Bonchev–Trinajstić information content (AvgIpc) is 3.30. The van der Waals surface area contributed by atoms with Crippen LogP contribution in [0.15, 0.2) is 30.6 Å². The molecular formula is C19H19N5O. The van der Waals surface area contributed by atoms with Gasteiger partial charge in [-0.3, -0.25) is 0 Å². The molecule has 1 aromatic carbocycles. The average molecular weight is 333 g/mol. The summed E-state index contributed by atoms with van der Waals surface area (Å²) in [6.07, 6.45) is 6.19. The van der Waals surface area contributed by atoms with Crippen molar-refractivity contribution in [2.75, 3.05) is 7.11 Å². The Hall–Kier alpha value is -2.94. The fourth-order valence-corrected chi connectivity index (χ4v) is 3.60. The number of rotatable bonds is 4. The fourth-order valence-electron chi connectivity index (χ4n) is 3.60. The highest BCUT2D eigenvalue weighted by Crippen LogP contribution is 2.35. The summed E-state index contributed by atoms with van der Waals surface area (Å²) in [6.45, 7) is 0.675. The van der Waals surface area contributed by atoms with Gasteiger partial charge >= 0.3 is 0 Å². The number of nitrogens with zero attached hydrogens (tertiary/aromatic N) is 5. The zero-order valence-corrected chi connectivity index (χ0v) is 14.1. The van der Waals surface area contributed by atoms with E-state index >= 15 is 0 Å². The van der Waals surface area contributed by atoms with Crippen molar-refractivity contribution >= 4 is 11.2 Å². The SMILES string of the molecule is COc1ccc(Cn2c(C3CCCC3)nc3c(C#N)ncnc32)cc1. The predicted molar refractivity (Wildman–Crippen MR) is 93.3 cm³/mol. The molecule has 126 valence electrons. The second kappa shape index (κ2) is 6.52. The van der Waals surface area contributed by atoms with Gasteiger partial charge < -0.3 is 9.30 Å². The highest BCUT2D eigenvalue weighted by Gasteiger charge is 2.25. The smallest absolute Gasteiger partial charge is 0.171 e. The van der Waals surface area contributed by atoms with Crippen molar-refractivity contribution in [1.82, 2.24) is 19.5 Å². The molecule has 1 aliphatic carbocycles. The molecule has 6 nitrogen and oxygen atoms in total. The molecule has 0 amide bonds. The number of nitriles is 1. The van der Waals surface area contributed by atoms with E-state index in [4.69, 9.17) is 9.72 Å². The van der Waals surface area contributed by atoms with Crippen LogP contribution in [0, 0.1) is 11.3 Å². The number of hydrogen-bond donors (Lipinski definition) is 0. The Balaban J connectivity index is 1.81. The van der Waals surface area contributed by atoms with Gasteiger partial charge in [0.1, 0.15) is 29.5 Å². The van der Waals surface area contributed by atoms with Crippen LogP contribution in [0.1, 0.15) is 48.7 Å². The lowest BCUT2D eigenvalue weighted by Crippen LogP contribution is -2.09. The fraction of sp³-hybridized carbons (Fsp3) is 0.368. The van der Waals surface area contributed by atoms with E-state index in [2.05, 4.69) is 32.7 Å². The van der Waals surface area contributed by atoms with Gasteiger partial charge in [-0.1, -0.05) is 25.0 Å². The first-order chi connectivity index (χ1) is 12.3. The number of methoxy groups -OCH3 is 1. The van der Waals surface area contributed by atoms with E-state index < -0.39 is 0 Å². The summed E-state index contributed by atoms with van der Waals surface area (Å²) in [5, 5.41) is 9.35. The third-order valence-electron chi connectivity index (χ3n) is 4.89. The predicted octanol–water partition coefficient (Wildman–Crippen LogP) is 3.41. The zero-order chi connectivity index (χ0) is 17.2. The summed E-state index contributed by atoms with van der Waals surface area (Å²) in [7, 11) is 1.66. The largest absolute Gasteiger partial charge is 0.497 e. The molecule has 3 aromatic rings. The van der Waals surface area contributed by atoms with Gasteiger partial charge in [-0.05, 0) is 30.5 Å². The van der Waals surface area contributed by atoms with Crippen LogP contribution >= 0.6 is 0 Å². The summed E-state index contributed by atoms with van der Waals surface area (Å²) in [6, 6.07) is 10.2. The normalized spacial score (nSPS) is 14.7. The Morgan fingerprint density at radius 3 is 2.64 bits per heavy atom. The second-order valence-electron chi connectivity index (χ2n) is 6.39. The Bertz CT molecular complexity index is 933. The Morgan fingerprint density at radius 2 is 1.96 bits per heavy atom. The number of aromatic nitrogens is 4. The van der Waals surface area contributed by atoms with Gasteiger partial charge in [-0.2, -0.15) is 5.26 Å². The number of ether oxygens (including phenoxy) is 1. The monoisotopic (exact) mass is 333 g/mol. The molecule has 25 heavy (non-hydrogen) atoms. The molecule has 0 saturated heterocycles. The highest BCUT2D eigenvalue weighted by molar-refractivity contribution is 5.76. The van der Waals surface area contributed by atoms with Crippen LogP contribution < -0.4 is 4.74 Å². The number of fused-ring (bicyclic) bond motifs is 1. The van der Waals surface area contributed by atoms with Gasteiger partial charge in [0.15, 0.2) is 11.3 Å². The van der Waals surface area contributed by atoms with Crippen molar-refractivity contribution in [2.45, 2.75) is 38.1 Å². The van der Waals surface area contributed by atoms with E-state index in [0.29, 0.717) is 23.7 Å². The first-order valence-electron chi connectivity index (χ1n) is 8.54. The van der Waals surface area contributed by atoms with E-state index in [-0.39, 0.29) is 0 Å². The molecule has 6 heteroatoms. The van der Waals surface area contributed by atoms with Crippen molar-refractivity contribution in [1.29, 1.82) is 5.26 Å². The first-order valence-corrected chi connectivity index (χ1v) is 8.54. The van der Waals surface area contributed by atoms with E-state index in [1.807, 2.05) is 12.1 Å². The minimum Gasteiger partial charge on any atom is -0.497 e. The molecule has 0 radical (unpaired) electrons. The van der Waals surface area contributed by atoms with Gasteiger partial charge in [0.25, 0.3) is 0 Å². The van der Waals surface area contributed by atoms with Crippen LogP contribution in [0.5, 0.6) is 5.75 Å². The van der Waals surface area contributed by atoms with Crippen molar-refractivity contribution in [2.24, 2.45) is 0 Å². The maximum Gasteiger partial charge on any atom is 0.171 e. The van der Waals surface area contributed by atoms with Gasteiger partial charge in [-0.25, -0.2) is 15.0 Å². The van der Waals surface area contributed by atoms with E-state index in [9.17, 15) is 5.26 Å². The van der Waals surface area contributed by atoms with Crippen molar-refractivity contribution in [3.8, 4) is 11.8 Å². The van der Waals surface area contributed by atoms with E-state index in [0.717, 1.165) is 35.6 Å². The zero-order valence-electron chi connectivity index (χ0n) is 14.1. The molecule has 0 aliphatic heterocycles. The molecule has 0 unspecified atom stereocenters. The second-order valence-corrected chi connectivity index (χ2v) is 6.39. The van der Waals surface area contributed by atoms with Crippen molar-refractivity contribution in [3.05, 3.63) is 47.7 Å². The molecule has 2 heterocycles. The summed E-state index contributed by atoms with van der Waals surface area (Å²) < 4.78 is 7.38. The number of benzene rings is 1. The maximum atomic E-state index is 9.35. The number of imidazole rings is 1. The summed E-state index contributed by atoms with van der Waals surface area (Å²) in [4.78, 5) is 13.3. The minimum atomic E-state index is 0.345. The van der Waals surface area contributed by atoms with E-state index in [1.54, 1.807) is 7.11 Å². The molecule has 0 atom stereocenters. The third kappa shape index (κ3) is 2.82. The Kier molecular flexibility index (Phi) is 4.06. The van der Waals surface area contributed by atoms with Gasteiger partial charge in [-0.15, -0.1) is 0 Å². The van der Waals surface area contributed by atoms with Crippen molar-refractivity contribution in [3.63, 3.8) is 0 Å². The van der Waals surface area contributed by atoms with Gasteiger partial charge in [0, 0.05) is 5.92 Å². The van der Waals surface area contributed by atoms with Gasteiger partial charge in [0.05, 0.1) is 13.7 Å². The number of hydrogen-bond acceptors (Lipinski definition) is 5. The van der Waals surface area contributed by atoms with Crippen LogP contribution in [0.25, 0.3) is 11.2 Å². The summed E-state index contributed by atoms with van der Waals surface area (Å²) >= 11 is 0. The molecule has 2 aromatic heterocycles. The maximum absolute atomic E-state index is 9.35. The quantitative estimate of drug-likeness (QED) is 0.731. The summed E-state index contributed by atoms with van der Waals surface area (Å²) in [5.74, 6) is 2.30. The molecule has 0 bridgehead atoms. The van der Waals surface area contributed by atoms with Crippen LogP contribution in [0.4, 0.5) is 0 Å². The molecule has 1 saturated carbocycles. The lowest BCUT2D eigenvalue weighted by molar-refractivity contribution is 0.414. The van der Waals surface area contributed by atoms with Crippen LogP contribution in [-0.2, 0) is 6.54 Å². The highest BCUT2D eigenvalue weighted by atomic mass is 16.5.